The normalized spacial score (nSPS) is 13.4. The third kappa shape index (κ3) is 3.77. The predicted octanol–water partition coefficient (Wildman–Crippen LogP) is 1.26. The zero-order chi connectivity index (χ0) is 12.2. The van der Waals surface area contributed by atoms with Gasteiger partial charge in [0.25, 0.3) is 0 Å². The van der Waals surface area contributed by atoms with E-state index in [0.29, 0.717) is 6.42 Å². The second kappa shape index (κ2) is 4.99. The number of alkyl halides is 3. The molecule has 0 unspecified atom stereocenters. The number of carbonyl (C=O) groups is 2. The van der Waals surface area contributed by atoms with Crippen LogP contribution >= 0.6 is 0 Å². The van der Waals surface area contributed by atoms with Gasteiger partial charge < -0.3 is 10.0 Å². The van der Waals surface area contributed by atoms with Crippen molar-refractivity contribution >= 4 is 11.9 Å². The molecule has 1 amide bonds. The highest BCUT2D eigenvalue weighted by molar-refractivity contribution is 5.86. The van der Waals surface area contributed by atoms with Crippen molar-refractivity contribution in [2.75, 3.05) is 7.05 Å². The molecule has 0 saturated heterocycles. The molecule has 1 N–H and O–H groups in total. The SMILES string of the molecule is CCC[C@@H](C(=O)O)N(C)C(=O)C(F)(F)F. The second-order valence-corrected chi connectivity index (χ2v) is 3.06. The summed E-state index contributed by atoms with van der Waals surface area (Å²) in [4.78, 5) is 21.5. The average molecular weight is 227 g/mol. The van der Waals surface area contributed by atoms with Crippen molar-refractivity contribution in [2.45, 2.75) is 32.0 Å². The van der Waals surface area contributed by atoms with Gasteiger partial charge in [0, 0.05) is 7.05 Å². The number of carbonyl (C=O) groups excluding carboxylic acids is 1. The van der Waals surface area contributed by atoms with E-state index in [-0.39, 0.29) is 11.3 Å². The summed E-state index contributed by atoms with van der Waals surface area (Å²) in [6.45, 7) is 1.63. The molecule has 0 aromatic carbocycles. The summed E-state index contributed by atoms with van der Waals surface area (Å²) in [5, 5.41) is 8.63. The summed E-state index contributed by atoms with van der Waals surface area (Å²) < 4.78 is 35.9. The zero-order valence-corrected chi connectivity index (χ0v) is 8.34. The highest BCUT2D eigenvalue weighted by Crippen LogP contribution is 2.20. The molecule has 0 spiro atoms. The van der Waals surface area contributed by atoms with Crippen molar-refractivity contribution in [3.63, 3.8) is 0 Å². The first kappa shape index (κ1) is 13.7. The van der Waals surface area contributed by atoms with Gasteiger partial charge in [0.2, 0.25) is 0 Å². The first-order valence-corrected chi connectivity index (χ1v) is 4.28. The number of rotatable bonds is 4. The first-order chi connectivity index (χ1) is 6.71. The lowest BCUT2D eigenvalue weighted by Gasteiger charge is -2.25. The van der Waals surface area contributed by atoms with Crippen LogP contribution in [0.25, 0.3) is 0 Å². The van der Waals surface area contributed by atoms with Crippen molar-refractivity contribution in [1.82, 2.24) is 4.90 Å². The fourth-order valence-electron chi connectivity index (χ4n) is 1.10. The molecule has 4 nitrogen and oxygen atoms in total. The van der Waals surface area contributed by atoms with Crippen LogP contribution in [0.4, 0.5) is 13.2 Å². The molecule has 0 heterocycles. The molecule has 0 aromatic heterocycles. The van der Waals surface area contributed by atoms with Gasteiger partial charge in [-0.2, -0.15) is 13.2 Å². The van der Waals surface area contributed by atoms with Gasteiger partial charge in [0.15, 0.2) is 0 Å². The van der Waals surface area contributed by atoms with E-state index in [1.54, 1.807) is 6.92 Å². The van der Waals surface area contributed by atoms with Gasteiger partial charge >= 0.3 is 18.1 Å². The molecular weight excluding hydrogens is 215 g/mol. The Hall–Kier alpha value is -1.27. The Kier molecular flexibility index (Phi) is 4.57. The Balaban J connectivity index is 4.71. The third-order valence-corrected chi connectivity index (χ3v) is 1.88. The summed E-state index contributed by atoms with van der Waals surface area (Å²) in [5.74, 6) is -3.57. The Bertz CT molecular complexity index is 252. The van der Waals surface area contributed by atoms with Gasteiger partial charge in [0.1, 0.15) is 6.04 Å². The summed E-state index contributed by atoms with van der Waals surface area (Å²) in [6, 6.07) is -1.43. The van der Waals surface area contributed by atoms with Crippen LogP contribution in [-0.2, 0) is 9.59 Å². The van der Waals surface area contributed by atoms with E-state index in [1.807, 2.05) is 0 Å². The van der Waals surface area contributed by atoms with Crippen molar-refractivity contribution in [1.29, 1.82) is 0 Å². The monoisotopic (exact) mass is 227 g/mol. The second-order valence-electron chi connectivity index (χ2n) is 3.06. The number of likely N-dealkylation sites (N-methyl/N-ethyl adjacent to an activating group) is 1. The molecule has 0 rings (SSSR count). The summed E-state index contributed by atoms with van der Waals surface area (Å²) in [6.07, 6.45) is -4.66. The average Bonchev–Trinajstić information content (AvgIpc) is 2.09. The largest absolute Gasteiger partial charge is 0.480 e. The van der Waals surface area contributed by atoms with Gasteiger partial charge in [-0.05, 0) is 6.42 Å². The van der Waals surface area contributed by atoms with Crippen molar-refractivity contribution in [3.05, 3.63) is 0 Å². The third-order valence-electron chi connectivity index (χ3n) is 1.88. The van der Waals surface area contributed by atoms with Crippen LogP contribution < -0.4 is 0 Å². The van der Waals surface area contributed by atoms with Gasteiger partial charge in [-0.1, -0.05) is 13.3 Å². The number of aliphatic carboxylic acids is 1. The lowest BCUT2D eigenvalue weighted by atomic mass is 10.1. The molecule has 0 fully saturated rings. The van der Waals surface area contributed by atoms with E-state index in [1.165, 1.54) is 0 Å². The number of carboxylic acids is 1. The smallest absolute Gasteiger partial charge is 0.471 e. The lowest BCUT2D eigenvalue weighted by molar-refractivity contribution is -0.188. The van der Waals surface area contributed by atoms with E-state index >= 15 is 0 Å². The Labute approximate surface area is 84.7 Å². The predicted molar refractivity (Wildman–Crippen MR) is 45.2 cm³/mol. The van der Waals surface area contributed by atoms with Crippen LogP contribution in [-0.4, -0.2) is 41.1 Å². The number of hydrogen-bond acceptors (Lipinski definition) is 2. The molecule has 88 valence electrons. The quantitative estimate of drug-likeness (QED) is 0.786. The van der Waals surface area contributed by atoms with Crippen LogP contribution in [0.5, 0.6) is 0 Å². The Morgan fingerprint density at radius 2 is 1.87 bits per heavy atom. The van der Waals surface area contributed by atoms with Crippen LogP contribution in [0.15, 0.2) is 0 Å². The molecule has 0 aliphatic rings. The Morgan fingerprint density at radius 1 is 1.40 bits per heavy atom. The van der Waals surface area contributed by atoms with E-state index < -0.39 is 24.1 Å². The number of nitrogens with zero attached hydrogens (tertiary/aromatic N) is 1. The molecule has 0 aromatic rings. The fraction of sp³-hybridized carbons (Fsp3) is 0.750. The molecule has 0 aliphatic heterocycles. The molecule has 15 heavy (non-hydrogen) atoms. The van der Waals surface area contributed by atoms with E-state index in [0.717, 1.165) is 7.05 Å². The molecule has 1 atom stereocenters. The highest BCUT2D eigenvalue weighted by atomic mass is 19.4. The minimum Gasteiger partial charge on any atom is -0.480 e. The number of amides is 1. The summed E-state index contributed by atoms with van der Waals surface area (Å²) in [7, 11) is 0.838. The number of hydrogen-bond donors (Lipinski definition) is 1. The fourth-order valence-corrected chi connectivity index (χ4v) is 1.10. The van der Waals surface area contributed by atoms with Gasteiger partial charge in [-0.15, -0.1) is 0 Å². The van der Waals surface area contributed by atoms with Crippen LogP contribution in [0.3, 0.4) is 0 Å². The first-order valence-electron chi connectivity index (χ1n) is 4.28. The van der Waals surface area contributed by atoms with Crippen LogP contribution in [0.1, 0.15) is 19.8 Å². The highest BCUT2D eigenvalue weighted by Gasteiger charge is 2.44. The maximum atomic E-state index is 12.0. The van der Waals surface area contributed by atoms with E-state index in [2.05, 4.69) is 0 Å². The van der Waals surface area contributed by atoms with E-state index in [9.17, 15) is 22.8 Å². The lowest BCUT2D eigenvalue weighted by Crippen LogP contribution is -2.47. The molecule has 0 radical (unpaired) electrons. The van der Waals surface area contributed by atoms with E-state index in [4.69, 9.17) is 5.11 Å². The van der Waals surface area contributed by atoms with Crippen LogP contribution in [0.2, 0.25) is 0 Å². The molecule has 0 bridgehead atoms. The zero-order valence-electron chi connectivity index (χ0n) is 8.34. The summed E-state index contributed by atoms with van der Waals surface area (Å²) >= 11 is 0. The van der Waals surface area contributed by atoms with Crippen LogP contribution in [0, 0.1) is 0 Å². The summed E-state index contributed by atoms with van der Waals surface area (Å²) in [5.41, 5.74) is 0. The maximum absolute atomic E-state index is 12.0. The minimum atomic E-state index is -5.03. The van der Waals surface area contributed by atoms with Gasteiger partial charge in [-0.3, -0.25) is 4.79 Å². The van der Waals surface area contributed by atoms with Gasteiger partial charge in [0.05, 0.1) is 0 Å². The van der Waals surface area contributed by atoms with Gasteiger partial charge in [-0.25, -0.2) is 4.79 Å². The van der Waals surface area contributed by atoms with Crippen molar-refractivity contribution < 1.29 is 27.9 Å². The molecular formula is C8H12F3NO3. The van der Waals surface area contributed by atoms with Crippen molar-refractivity contribution in [2.24, 2.45) is 0 Å². The van der Waals surface area contributed by atoms with Crippen molar-refractivity contribution in [3.8, 4) is 0 Å². The molecule has 0 saturated carbocycles. The molecule has 0 aliphatic carbocycles. The Morgan fingerprint density at radius 3 is 2.13 bits per heavy atom. The number of carboxylic acid groups (broad SMARTS) is 1. The minimum absolute atomic E-state index is 0.00630. The number of halogens is 3. The molecule has 7 heteroatoms. The standard InChI is InChI=1S/C8H12F3NO3/c1-3-4-5(6(13)14)12(2)7(15)8(9,10)11/h5H,3-4H2,1-2H3,(H,13,14)/t5-/m0/s1. The maximum Gasteiger partial charge on any atom is 0.471 e. The topological polar surface area (TPSA) is 57.6 Å².